The quantitative estimate of drug-likeness (QED) is 0.634. The number of hydrogen-bond donors (Lipinski definition) is 2. The third-order valence-corrected chi connectivity index (χ3v) is 2.55. The van der Waals surface area contributed by atoms with Crippen molar-refractivity contribution in [2.75, 3.05) is 20.1 Å². The maximum absolute atomic E-state index is 3.45. The van der Waals surface area contributed by atoms with Crippen LogP contribution in [0.4, 0.5) is 0 Å². The Balaban J connectivity index is 3.30. The molecular weight excluding hydrogens is 148 g/mol. The Kier molecular flexibility index (Phi) is 6.39. The average Bonchev–Trinajstić information content (AvgIpc) is 2.03. The van der Waals surface area contributed by atoms with Gasteiger partial charge in [0.2, 0.25) is 0 Å². The molecule has 0 rings (SSSR count). The summed E-state index contributed by atoms with van der Waals surface area (Å²) in [5, 5.41) is 6.66. The molecule has 0 fully saturated rings. The molecule has 0 aromatic rings. The van der Waals surface area contributed by atoms with E-state index in [4.69, 9.17) is 0 Å². The summed E-state index contributed by atoms with van der Waals surface area (Å²) in [6, 6.07) is 0.573. The Bertz CT molecular complexity index is 102. The molecule has 2 N–H and O–H groups in total. The van der Waals surface area contributed by atoms with Gasteiger partial charge in [0.15, 0.2) is 0 Å². The average molecular weight is 172 g/mol. The minimum Gasteiger partial charge on any atom is -0.316 e. The molecule has 12 heavy (non-hydrogen) atoms. The van der Waals surface area contributed by atoms with Crippen molar-refractivity contribution < 1.29 is 0 Å². The Labute approximate surface area is 77.1 Å². The van der Waals surface area contributed by atoms with Crippen LogP contribution in [0.3, 0.4) is 0 Å². The van der Waals surface area contributed by atoms with Crippen LogP contribution in [0.1, 0.15) is 27.7 Å². The lowest BCUT2D eigenvalue weighted by atomic mass is 9.98. The zero-order chi connectivity index (χ0) is 9.56. The van der Waals surface area contributed by atoms with Gasteiger partial charge in [0.25, 0.3) is 0 Å². The van der Waals surface area contributed by atoms with E-state index < -0.39 is 0 Å². The van der Waals surface area contributed by atoms with Crippen molar-refractivity contribution in [2.45, 2.75) is 33.7 Å². The van der Waals surface area contributed by atoms with Crippen LogP contribution in [0.2, 0.25) is 0 Å². The Morgan fingerprint density at radius 3 is 2.00 bits per heavy atom. The van der Waals surface area contributed by atoms with Gasteiger partial charge < -0.3 is 10.6 Å². The fourth-order valence-corrected chi connectivity index (χ4v) is 0.865. The minimum atomic E-state index is 0.573. The second kappa shape index (κ2) is 6.44. The molecule has 0 aromatic heterocycles. The molecular formula is C10H24N2. The third kappa shape index (κ3) is 5.56. The summed E-state index contributed by atoms with van der Waals surface area (Å²) < 4.78 is 0. The molecule has 2 nitrogen and oxygen atoms in total. The van der Waals surface area contributed by atoms with Crippen molar-refractivity contribution in [3.8, 4) is 0 Å². The van der Waals surface area contributed by atoms with Crippen LogP contribution in [0, 0.1) is 11.8 Å². The smallest absolute Gasteiger partial charge is 0.0161 e. The second-order valence-corrected chi connectivity index (χ2v) is 4.07. The number of nitrogens with one attached hydrogen (secondary N) is 2. The largest absolute Gasteiger partial charge is 0.316 e. The van der Waals surface area contributed by atoms with E-state index in [1.165, 1.54) is 0 Å². The molecule has 0 saturated carbocycles. The first-order chi connectivity index (χ1) is 5.57. The van der Waals surface area contributed by atoms with Gasteiger partial charge in [0.1, 0.15) is 0 Å². The topological polar surface area (TPSA) is 24.1 Å². The van der Waals surface area contributed by atoms with Gasteiger partial charge in [-0.05, 0) is 32.4 Å². The van der Waals surface area contributed by atoms with Crippen molar-refractivity contribution in [2.24, 2.45) is 11.8 Å². The zero-order valence-corrected chi connectivity index (χ0v) is 9.15. The first-order valence-corrected chi connectivity index (χ1v) is 4.96. The standard InChI is InChI=1S/C10H24N2/c1-8(2)9(3)6-12-7-10(4)11-5/h8-12H,6-7H2,1-5H3. The normalized spacial score (nSPS) is 16.5. The van der Waals surface area contributed by atoms with Gasteiger partial charge in [0, 0.05) is 12.6 Å². The highest BCUT2D eigenvalue weighted by Crippen LogP contribution is 2.07. The highest BCUT2D eigenvalue weighted by Gasteiger charge is 2.06. The van der Waals surface area contributed by atoms with Crippen LogP contribution in [0.5, 0.6) is 0 Å². The van der Waals surface area contributed by atoms with E-state index in [0.29, 0.717) is 6.04 Å². The SMILES string of the molecule is CNC(C)CNCC(C)C(C)C. The van der Waals surface area contributed by atoms with Gasteiger partial charge >= 0.3 is 0 Å². The van der Waals surface area contributed by atoms with E-state index in [-0.39, 0.29) is 0 Å². The monoisotopic (exact) mass is 172 g/mol. The highest BCUT2D eigenvalue weighted by atomic mass is 15.0. The summed E-state index contributed by atoms with van der Waals surface area (Å²) >= 11 is 0. The van der Waals surface area contributed by atoms with E-state index in [1.54, 1.807) is 0 Å². The van der Waals surface area contributed by atoms with Gasteiger partial charge in [-0.1, -0.05) is 20.8 Å². The fourth-order valence-electron chi connectivity index (χ4n) is 0.865. The van der Waals surface area contributed by atoms with Gasteiger partial charge in [-0.15, -0.1) is 0 Å². The lowest BCUT2D eigenvalue weighted by molar-refractivity contribution is 0.384. The van der Waals surface area contributed by atoms with Crippen LogP contribution in [0.25, 0.3) is 0 Å². The Morgan fingerprint density at radius 1 is 1.00 bits per heavy atom. The molecule has 0 bridgehead atoms. The molecule has 0 saturated heterocycles. The van der Waals surface area contributed by atoms with Crippen molar-refractivity contribution in [3.05, 3.63) is 0 Å². The van der Waals surface area contributed by atoms with Crippen LogP contribution in [0.15, 0.2) is 0 Å². The first kappa shape index (κ1) is 11.9. The van der Waals surface area contributed by atoms with E-state index in [9.17, 15) is 0 Å². The molecule has 0 aliphatic rings. The maximum Gasteiger partial charge on any atom is 0.0161 e. The lowest BCUT2D eigenvalue weighted by Crippen LogP contribution is -2.36. The van der Waals surface area contributed by atoms with E-state index >= 15 is 0 Å². The van der Waals surface area contributed by atoms with Crippen LogP contribution in [-0.2, 0) is 0 Å². The Hall–Kier alpha value is -0.0800. The highest BCUT2D eigenvalue weighted by molar-refractivity contribution is 4.64. The zero-order valence-electron chi connectivity index (χ0n) is 9.15. The number of likely N-dealkylation sites (N-methyl/N-ethyl adjacent to an activating group) is 1. The molecule has 0 aliphatic carbocycles. The minimum absolute atomic E-state index is 0.573. The summed E-state index contributed by atoms with van der Waals surface area (Å²) in [6.45, 7) is 11.2. The molecule has 0 amide bonds. The van der Waals surface area contributed by atoms with Gasteiger partial charge in [-0.3, -0.25) is 0 Å². The summed E-state index contributed by atoms with van der Waals surface area (Å²) in [7, 11) is 2.00. The number of rotatable bonds is 6. The van der Waals surface area contributed by atoms with Crippen LogP contribution >= 0.6 is 0 Å². The number of hydrogen-bond acceptors (Lipinski definition) is 2. The Morgan fingerprint density at radius 2 is 1.58 bits per heavy atom. The van der Waals surface area contributed by atoms with E-state index in [0.717, 1.165) is 24.9 Å². The maximum atomic E-state index is 3.45. The fraction of sp³-hybridized carbons (Fsp3) is 1.00. The molecule has 0 spiro atoms. The van der Waals surface area contributed by atoms with Gasteiger partial charge in [0.05, 0.1) is 0 Å². The molecule has 74 valence electrons. The molecule has 0 aromatic carbocycles. The van der Waals surface area contributed by atoms with Crippen molar-refractivity contribution in [1.29, 1.82) is 0 Å². The summed E-state index contributed by atoms with van der Waals surface area (Å²) in [5.41, 5.74) is 0. The second-order valence-electron chi connectivity index (χ2n) is 4.07. The molecule has 2 atom stereocenters. The predicted octanol–water partition coefficient (Wildman–Crippen LogP) is 1.48. The molecule has 0 radical (unpaired) electrons. The van der Waals surface area contributed by atoms with Gasteiger partial charge in [-0.25, -0.2) is 0 Å². The molecule has 0 heterocycles. The van der Waals surface area contributed by atoms with E-state index in [2.05, 4.69) is 38.3 Å². The summed E-state index contributed by atoms with van der Waals surface area (Å²) in [4.78, 5) is 0. The lowest BCUT2D eigenvalue weighted by Gasteiger charge is -2.18. The van der Waals surface area contributed by atoms with Crippen molar-refractivity contribution >= 4 is 0 Å². The van der Waals surface area contributed by atoms with E-state index in [1.807, 2.05) is 7.05 Å². The van der Waals surface area contributed by atoms with Crippen molar-refractivity contribution in [3.63, 3.8) is 0 Å². The third-order valence-electron chi connectivity index (χ3n) is 2.55. The summed E-state index contributed by atoms with van der Waals surface area (Å²) in [6.07, 6.45) is 0. The van der Waals surface area contributed by atoms with Gasteiger partial charge in [-0.2, -0.15) is 0 Å². The molecule has 2 heteroatoms. The van der Waals surface area contributed by atoms with Crippen LogP contribution in [-0.4, -0.2) is 26.2 Å². The molecule has 2 unspecified atom stereocenters. The summed E-state index contributed by atoms with van der Waals surface area (Å²) in [5.74, 6) is 1.55. The van der Waals surface area contributed by atoms with Crippen molar-refractivity contribution in [1.82, 2.24) is 10.6 Å². The first-order valence-electron chi connectivity index (χ1n) is 4.96. The predicted molar refractivity (Wildman–Crippen MR) is 55.4 cm³/mol. The van der Waals surface area contributed by atoms with Crippen LogP contribution < -0.4 is 10.6 Å². The molecule has 0 aliphatic heterocycles.